The summed E-state index contributed by atoms with van der Waals surface area (Å²) >= 11 is 0. The third-order valence-corrected chi connectivity index (χ3v) is 4.74. The summed E-state index contributed by atoms with van der Waals surface area (Å²) in [5.41, 5.74) is 0.836. The molecule has 3 heterocycles. The van der Waals surface area contributed by atoms with Gasteiger partial charge in [0.25, 0.3) is 5.91 Å². The number of methoxy groups -OCH3 is 1. The summed E-state index contributed by atoms with van der Waals surface area (Å²) < 4.78 is 12.2. The van der Waals surface area contributed by atoms with Crippen LogP contribution in [0.4, 0.5) is 0 Å². The van der Waals surface area contributed by atoms with Gasteiger partial charge in [0.1, 0.15) is 12.4 Å². The lowest BCUT2D eigenvalue weighted by atomic mass is 10.1. The van der Waals surface area contributed by atoms with E-state index < -0.39 is 0 Å². The fraction of sp³-hybridized carbons (Fsp3) is 0.579. The number of furan rings is 1. The maximum Gasteiger partial charge on any atom is 0.287 e. The molecule has 30 heavy (non-hydrogen) atoms. The van der Waals surface area contributed by atoms with Gasteiger partial charge in [-0.05, 0) is 25.8 Å². The molecule has 0 aromatic carbocycles. The monoisotopic (exact) mass is 531 g/mol. The minimum Gasteiger partial charge on any atom is -0.459 e. The Labute approximate surface area is 193 Å². The number of nitrogens with zero attached hydrogens (tertiary/aromatic N) is 4. The lowest BCUT2D eigenvalue weighted by Crippen LogP contribution is -2.47. The van der Waals surface area contributed by atoms with E-state index in [-0.39, 0.29) is 35.9 Å². The predicted molar refractivity (Wildman–Crippen MR) is 123 cm³/mol. The molecule has 0 bridgehead atoms. The van der Waals surface area contributed by atoms with Gasteiger partial charge in [0.2, 0.25) is 0 Å². The number of amides is 1. The molecule has 1 amide bonds. The second-order valence-electron chi connectivity index (χ2n) is 6.98. The largest absolute Gasteiger partial charge is 0.459 e. The zero-order chi connectivity index (χ0) is 20.6. The van der Waals surface area contributed by atoms with Crippen molar-refractivity contribution in [3.8, 4) is 0 Å². The van der Waals surface area contributed by atoms with Crippen molar-refractivity contribution in [3.63, 3.8) is 0 Å². The standard InChI is InChI=1S/C19H29N7O3.HI/c1-13-7-10-29-17(13)18(27)21-8-4-9-22-19(20-2)23-14-5-6-16-24-15(12-28-3)25-26(16)11-14;/h7,10,14H,4-6,8-9,11-12H2,1-3H3,(H,21,27)(H2,20,22,23);1H. The molecule has 0 saturated heterocycles. The highest BCUT2D eigenvalue weighted by Crippen LogP contribution is 2.13. The number of carbonyl (C=O) groups is 1. The maximum absolute atomic E-state index is 12.0. The third kappa shape index (κ3) is 6.42. The number of hydrogen-bond donors (Lipinski definition) is 3. The SMILES string of the molecule is CN=C(NCCCNC(=O)c1occc1C)NC1CCc2nc(COC)nn2C1.I. The van der Waals surface area contributed by atoms with Crippen molar-refractivity contribution in [3.05, 3.63) is 35.3 Å². The second-order valence-corrected chi connectivity index (χ2v) is 6.98. The molecule has 2 aromatic heterocycles. The normalized spacial score (nSPS) is 15.8. The van der Waals surface area contributed by atoms with E-state index in [0.29, 0.717) is 25.5 Å². The molecule has 166 valence electrons. The van der Waals surface area contributed by atoms with Crippen molar-refractivity contribution in [1.29, 1.82) is 0 Å². The third-order valence-electron chi connectivity index (χ3n) is 4.74. The van der Waals surface area contributed by atoms with Gasteiger partial charge in [0.05, 0.1) is 12.8 Å². The number of guanidine groups is 1. The summed E-state index contributed by atoms with van der Waals surface area (Å²) in [5.74, 6) is 2.64. The molecule has 2 aromatic rings. The first-order valence-corrected chi connectivity index (χ1v) is 9.81. The Morgan fingerprint density at radius 1 is 1.40 bits per heavy atom. The van der Waals surface area contributed by atoms with Crippen LogP contribution in [-0.4, -0.2) is 59.9 Å². The highest BCUT2D eigenvalue weighted by molar-refractivity contribution is 14.0. The molecule has 1 atom stereocenters. The van der Waals surface area contributed by atoms with Gasteiger partial charge >= 0.3 is 0 Å². The van der Waals surface area contributed by atoms with Crippen LogP contribution in [-0.2, 0) is 24.3 Å². The second kappa shape index (κ2) is 11.9. The van der Waals surface area contributed by atoms with Crippen molar-refractivity contribution < 1.29 is 13.9 Å². The number of hydrogen-bond acceptors (Lipinski definition) is 6. The fourth-order valence-electron chi connectivity index (χ4n) is 3.24. The number of carbonyl (C=O) groups excluding carboxylic acids is 1. The number of aliphatic imine (C=N–C) groups is 1. The van der Waals surface area contributed by atoms with Crippen molar-refractivity contribution in [2.45, 2.75) is 45.4 Å². The molecule has 1 aliphatic heterocycles. The van der Waals surface area contributed by atoms with Crippen molar-refractivity contribution in [2.75, 3.05) is 27.2 Å². The minimum atomic E-state index is -0.186. The Kier molecular flexibility index (Phi) is 9.56. The van der Waals surface area contributed by atoms with E-state index in [1.54, 1.807) is 20.2 Å². The van der Waals surface area contributed by atoms with Crippen LogP contribution in [0.25, 0.3) is 0 Å². The van der Waals surface area contributed by atoms with Gasteiger partial charge in [-0.3, -0.25) is 9.79 Å². The van der Waals surface area contributed by atoms with Crippen LogP contribution in [0.5, 0.6) is 0 Å². The Morgan fingerprint density at radius 2 is 2.20 bits per heavy atom. The quantitative estimate of drug-likeness (QED) is 0.203. The number of nitrogens with one attached hydrogen (secondary N) is 3. The molecule has 0 aliphatic carbocycles. The van der Waals surface area contributed by atoms with Gasteiger partial charge in [0.15, 0.2) is 17.5 Å². The van der Waals surface area contributed by atoms with E-state index >= 15 is 0 Å². The van der Waals surface area contributed by atoms with Crippen molar-refractivity contribution in [1.82, 2.24) is 30.7 Å². The molecule has 0 saturated carbocycles. The van der Waals surface area contributed by atoms with Crippen LogP contribution in [0.2, 0.25) is 0 Å². The number of aryl methyl sites for hydroxylation is 2. The lowest BCUT2D eigenvalue weighted by molar-refractivity contribution is 0.0925. The zero-order valence-electron chi connectivity index (χ0n) is 17.6. The summed E-state index contributed by atoms with van der Waals surface area (Å²) in [6.45, 7) is 4.26. The van der Waals surface area contributed by atoms with Crippen LogP contribution >= 0.6 is 24.0 Å². The van der Waals surface area contributed by atoms with Crippen LogP contribution < -0.4 is 16.0 Å². The van der Waals surface area contributed by atoms with Gasteiger partial charge in [0, 0.05) is 45.3 Å². The first-order chi connectivity index (χ1) is 14.1. The summed E-state index contributed by atoms with van der Waals surface area (Å²) in [7, 11) is 3.39. The molecular formula is C19H30IN7O3. The zero-order valence-corrected chi connectivity index (χ0v) is 19.9. The van der Waals surface area contributed by atoms with E-state index in [1.807, 2.05) is 11.6 Å². The number of aromatic nitrogens is 3. The Bertz CT molecular complexity index is 849. The van der Waals surface area contributed by atoms with Crippen molar-refractivity contribution >= 4 is 35.8 Å². The van der Waals surface area contributed by atoms with Gasteiger partial charge in [-0.25, -0.2) is 9.67 Å². The van der Waals surface area contributed by atoms with Gasteiger partial charge in [-0.15, -0.1) is 24.0 Å². The van der Waals surface area contributed by atoms with E-state index in [0.717, 1.165) is 49.0 Å². The van der Waals surface area contributed by atoms with E-state index in [1.165, 1.54) is 6.26 Å². The fourth-order valence-corrected chi connectivity index (χ4v) is 3.24. The van der Waals surface area contributed by atoms with Gasteiger partial charge in [-0.2, -0.15) is 5.10 Å². The lowest BCUT2D eigenvalue weighted by Gasteiger charge is -2.25. The van der Waals surface area contributed by atoms with Crippen LogP contribution in [0.3, 0.4) is 0 Å². The molecule has 3 N–H and O–H groups in total. The van der Waals surface area contributed by atoms with Crippen LogP contribution in [0.1, 0.15) is 40.6 Å². The van der Waals surface area contributed by atoms with E-state index in [2.05, 4.69) is 31.0 Å². The summed E-state index contributed by atoms with van der Waals surface area (Å²) in [5, 5.41) is 14.1. The van der Waals surface area contributed by atoms with E-state index in [4.69, 9.17) is 9.15 Å². The molecule has 0 radical (unpaired) electrons. The molecule has 10 nitrogen and oxygen atoms in total. The van der Waals surface area contributed by atoms with Gasteiger partial charge in [-0.1, -0.05) is 0 Å². The smallest absolute Gasteiger partial charge is 0.287 e. The predicted octanol–water partition coefficient (Wildman–Crippen LogP) is 1.24. The van der Waals surface area contributed by atoms with Gasteiger partial charge < -0.3 is 25.1 Å². The molecule has 1 aliphatic rings. The molecular weight excluding hydrogens is 501 g/mol. The summed E-state index contributed by atoms with van der Waals surface area (Å²) in [6.07, 6.45) is 4.12. The molecule has 0 fully saturated rings. The molecule has 0 spiro atoms. The Morgan fingerprint density at radius 3 is 2.90 bits per heavy atom. The number of rotatable bonds is 8. The topological polar surface area (TPSA) is 119 Å². The average Bonchev–Trinajstić information content (AvgIpc) is 3.32. The summed E-state index contributed by atoms with van der Waals surface area (Å²) in [4.78, 5) is 20.8. The van der Waals surface area contributed by atoms with Crippen molar-refractivity contribution in [2.24, 2.45) is 4.99 Å². The molecule has 1 unspecified atom stereocenters. The van der Waals surface area contributed by atoms with E-state index in [9.17, 15) is 4.79 Å². The first kappa shape index (κ1) is 24.1. The molecule has 11 heteroatoms. The number of ether oxygens (including phenoxy) is 1. The van der Waals surface area contributed by atoms with Crippen LogP contribution in [0.15, 0.2) is 21.7 Å². The minimum absolute atomic E-state index is 0. The first-order valence-electron chi connectivity index (χ1n) is 9.81. The number of halogens is 1. The molecule has 3 rings (SSSR count). The highest BCUT2D eigenvalue weighted by atomic mass is 127. The Hall–Kier alpha value is -2.15. The average molecular weight is 531 g/mol. The van der Waals surface area contributed by atoms with Crippen LogP contribution in [0, 0.1) is 6.92 Å². The maximum atomic E-state index is 12.0. The summed E-state index contributed by atoms with van der Waals surface area (Å²) in [6, 6.07) is 2.00. The number of fused-ring (bicyclic) bond motifs is 1. The Balaban J connectivity index is 0.00000320. The highest BCUT2D eigenvalue weighted by Gasteiger charge is 2.22.